The van der Waals surface area contributed by atoms with Gasteiger partial charge in [-0.05, 0) is 24.6 Å². The van der Waals surface area contributed by atoms with Crippen molar-refractivity contribution in [3.8, 4) is 6.07 Å². The van der Waals surface area contributed by atoms with Crippen LogP contribution in [-0.4, -0.2) is 49.6 Å². The van der Waals surface area contributed by atoms with Gasteiger partial charge in [0.1, 0.15) is 11.5 Å². The zero-order valence-corrected chi connectivity index (χ0v) is 15.6. The average Bonchev–Trinajstić information content (AvgIpc) is 3.22. The van der Waals surface area contributed by atoms with Crippen molar-refractivity contribution in [1.29, 1.82) is 5.26 Å². The van der Waals surface area contributed by atoms with Gasteiger partial charge in [-0.15, -0.1) is 10.2 Å². The molecule has 2 atom stereocenters. The number of carbonyl (C=O) groups is 1. The van der Waals surface area contributed by atoms with E-state index in [1.54, 1.807) is 4.90 Å². The van der Waals surface area contributed by atoms with Gasteiger partial charge in [0.05, 0.1) is 24.1 Å². The van der Waals surface area contributed by atoms with E-state index < -0.39 is 0 Å². The van der Waals surface area contributed by atoms with Crippen LogP contribution in [0.2, 0.25) is 0 Å². The molecule has 2 aromatic rings. The third-order valence-electron chi connectivity index (χ3n) is 5.75. The summed E-state index contributed by atoms with van der Waals surface area (Å²) in [5.74, 6) is 1.60. The highest BCUT2D eigenvalue weighted by Gasteiger charge is 2.43. The smallest absolute Gasteiger partial charge is 0.270 e. The van der Waals surface area contributed by atoms with E-state index in [1.807, 2.05) is 37.3 Å². The van der Waals surface area contributed by atoms with Gasteiger partial charge in [-0.2, -0.15) is 5.26 Å². The monoisotopic (exact) mass is 372 g/mol. The molecule has 28 heavy (non-hydrogen) atoms. The van der Waals surface area contributed by atoms with Gasteiger partial charge in [0.2, 0.25) is 0 Å². The minimum atomic E-state index is -0.0533. The Balaban J connectivity index is 1.50. The van der Waals surface area contributed by atoms with Crippen molar-refractivity contribution in [2.75, 3.05) is 13.1 Å². The summed E-state index contributed by atoms with van der Waals surface area (Å²) < 4.78 is 2.09. The number of rotatable bonds is 3. The number of nitrogens with zero attached hydrogens (tertiary/aromatic N) is 6. The maximum atomic E-state index is 13.2. The third-order valence-corrected chi connectivity index (χ3v) is 5.75. The molecule has 0 N–H and O–H groups in total. The fourth-order valence-electron chi connectivity index (χ4n) is 4.25. The van der Waals surface area contributed by atoms with Gasteiger partial charge >= 0.3 is 0 Å². The molecule has 0 saturated carbocycles. The number of likely N-dealkylation sites (tertiary alicyclic amines) is 1. The van der Waals surface area contributed by atoms with Crippen molar-refractivity contribution in [3.05, 3.63) is 65.4 Å². The van der Waals surface area contributed by atoms with Crippen LogP contribution >= 0.6 is 0 Å². The van der Waals surface area contributed by atoms with Gasteiger partial charge in [0, 0.05) is 19.6 Å². The maximum absolute atomic E-state index is 13.2. The van der Waals surface area contributed by atoms with E-state index in [0.717, 1.165) is 17.2 Å². The Morgan fingerprint density at radius 1 is 1.21 bits per heavy atom. The number of aromatic nitrogens is 3. The van der Waals surface area contributed by atoms with E-state index in [4.69, 9.17) is 5.26 Å². The number of aryl methyl sites for hydroxylation is 1. The molecule has 7 heteroatoms. The van der Waals surface area contributed by atoms with Gasteiger partial charge < -0.3 is 14.4 Å². The number of hydrogen-bond acceptors (Lipinski definition) is 5. The Labute approximate surface area is 163 Å². The highest BCUT2D eigenvalue weighted by molar-refractivity contribution is 5.94. The molecule has 3 aliphatic heterocycles. The van der Waals surface area contributed by atoms with Crippen molar-refractivity contribution >= 4 is 12.0 Å². The minimum absolute atomic E-state index is 0.00231. The zero-order valence-electron chi connectivity index (χ0n) is 15.6. The van der Waals surface area contributed by atoms with Crippen molar-refractivity contribution in [3.63, 3.8) is 0 Å². The first-order valence-corrected chi connectivity index (χ1v) is 9.46. The van der Waals surface area contributed by atoms with E-state index >= 15 is 0 Å². The largest absolute Gasteiger partial charge is 0.354 e. The third kappa shape index (κ3) is 2.53. The normalized spacial score (nSPS) is 22.9. The molecule has 0 radical (unpaired) electrons. The average molecular weight is 372 g/mol. The van der Waals surface area contributed by atoms with E-state index in [2.05, 4.69) is 43.9 Å². The van der Waals surface area contributed by atoms with E-state index in [0.29, 0.717) is 25.3 Å². The first kappa shape index (κ1) is 16.8. The summed E-state index contributed by atoms with van der Waals surface area (Å²) in [5, 5.41) is 17.5. The minimum Gasteiger partial charge on any atom is -0.354 e. The van der Waals surface area contributed by atoms with Crippen LogP contribution in [0.5, 0.6) is 0 Å². The molecule has 7 nitrogen and oxygen atoms in total. The fraction of sp³-hybridized carbons (Fsp3) is 0.333. The summed E-state index contributed by atoms with van der Waals surface area (Å²) in [4.78, 5) is 17.1. The molecule has 0 aliphatic carbocycles. The first-order valence-electron chi connectivity index (χ1n) is 9.46. The number of benzene rings is 1. The summed E-state index contributed by atoms with van der Waals surface area (Å²) in [6, 6.07) is 12.4. The molecule has 2 unspecified atom stereocenters. The maximum Gasteiger partial charge on any atom is 0.270 e. The standard InChI is InChI=1S/C21H20N6O/c1-14-23-24-20-8-7-17-18(27(14)20)9-19(21(28)25-11-16(10-22)12-25)26(17)13-15-5-3-2-4-6-15/h2-9,16-18H,11-13H2,1H3. The van der Waals surface area contributed by atoms with Crippen LogP contribution in [0.15, 0.2) is 48.2 Å². The SMILES string of the molecule is Cc1nnc2n1C1C=C(C(=O)N3CC(C#N)C3)N(Cc3ccccc3)C1C=C2. The van der Waals surface area contributed by atoms with Crippen molar-refractivity contribution in [2.45, 2.75) is 25.6 Å². The van der Waals surface area contributed by atoms with Crippen LogP contribution in [0, 0.1) is 24.2 Å². The van der Waals surface area contributed by atoms with Gasteiger partial charge in [-0.1, -0.05) is 36.4 Å². The number of hydrogen-bond donors (Lipinski definition) is 0. The van der Waals surface area contributed by atoms with E-state index in [-0.39, 0.29) is 23.9 Å². The summed E-state index contributed by atoms with van der Waals surface area (Å²) >= 11 is 0. The summed E-state index contributed by atoms with van der Waals surface area (Å²) in [7, 11) is 0. The lowest BCUT2D eigenvalue weighted by atomic mass is 10.0. The molecular formula is C21H20N6O. The molecule has 1 aromatic carbocycles. The zero-order chi connectivity index (χ0) is 19.3. The Kier molecular flexibility index (Phi) is 3.79. The van der Waals surface area contributed by atoms with E-state index in [9.17, 15) is 4.79 Å². The predicted molar refractivity (Wildman–Crippen MR) is 102 cm³/mol. The lowest BCUT2D eigenvalue weighted by Crippen LogP contribution is -2.51. The summed E-state index contributed by atoms with van der Waals surface area (Å²) in [6.07, 6.45) is 6.14. The van der Waals surface area contributed by atoms with E-state index in [1.165, 1.54) is 0 Å². The molecule has 1 amide bonds. The predicted octanol–water partition coefficient (Wildman–Crippen LogP) is 1.90. The quantitative estimate of drug-likeness (QED) is 0.822. The Bertz CT molecular complexity index is 1020. The van der Waals surface area contributed by atoms with Crippen LogP contribution in [0.4, 0.5) is 0 Å². The second kappa shape index (κ2) is 6.34. The highest BCUT2D eigenvalue weighted by Crippen LogP contribution is 2.38. The summed E-state index contributed by atoms with van der Waals surface area (Å²) in [5.41, 5.74) is 1.85. The molecule has 0 spiro atoms. The van der Waals surface area contributed by atoms with Crippen LogP contribution in [-0.2, 0) is 11.3 Å². The number of carbonyl (C=O) groups excluding carboxylic acids is 1. The Morgan fingerprint density at radius 3 is 2.75 bits per heavy atom. The fourth-order valence-corrected chi connectivity index (χ4v) is 4.25. The molecule has 1 fully saturated rings. The molecule has 3 aliphatic rings. The molecule has 1 aromatic heterocycles. The van der Waals surface area contributed by atoms with Crippen LogP contribution in [0.25, 0.3) is 6.08 Å². The topological polar surface area (TPSA) is 78.0 Å². The van der Waals surface area contributed by atoms with Crippen LogP contribution < -0.4 is 0 Å². The Morgan fingerprint density at radius 2 is 2.00 bits per heavy atom. The van der Waals surface area contributed by atoms with Gasteiger partial charge in [0.15, 0.2) is 5.82 Å². The van der Waals surface area contributed by atoms with Gasteiger partial charge in [-0.3, -0.25) is 4.79 Å². The summed E-state index contributed by atoms with van der Waals surface area (Å²) in [6.45, 7) is 3.60. The van der Waals surface area contributed by atoms with Gasteiger partial charge in [0.25, 0.3) is 5.91 Å². The molecule has 5 rings (SSSR count). The van der Waals surface area contributed by atoms with Crippen molar-refractivity contribution < 1.29 is 4.79 Å². The van der Waals surface area contributed by atoms with Crippen LogP contribution in [0.3, 0.4) is 0 Å². The second-order valence-corrected chi connectivity index (χ2v) is 7.52. The van der Waals surface area contributed by atoms with Crippen molar-refractivity contribution in [1.82, 2.24) is 24.6 Å². The molecule has 140 valence electrons. The second-order valence-electron chi connectivity index (χ2n) is 7.52. The number of amides is 1. The number of nitriles is 1. The Hall–Kier alpha value is -3.40. The van der Waals surface area contributed by atoms with Crippen molar-refractivity contribution in [2.24, 2.45) is 5.92 Å². The molecule has 0 bridgehead atoms. The number of fused-ring (bicyclic) bond motifs is 3. The van der Waals surface area contributed by atoms with Crippen LogP contribution in [0.1, 0.15) is 23.3 Å². The lowest BCUT2D eigenvalue weighted by Gasteiger charge is -2.38. The van der Waals surface area contributed by atoms with Gasteiger partial charge in [-0.25, -0.2) is 0 Å². The molecular weight excluding hydrogens is 352 g/mol. The molecule has 4 heterocycles. The highest BCUT2D eigenvalue weighted by atomic mass is 16.2. The lowest BCUT2D eigenvalue weighted by molar-refractivity contribution is -0.133. The molecule has 1 saturated heterocycles. The first-order chi connectivity index (χ1) is 13.7.